The number of carbonyl (C=O) groups is 1. The Hall–Kier alpha value is -2.80. The molecule has 1 aromatic carbocycles. The molecular weight excluding hydrogens is 372 g/mol. The average Bonchev–Trinajstić information content (AvgIpc) is 3.12. The van der Waals surface area contributed by atoms with E-state index in [0.29, 0.717) is 22.9 Å². The van der Waals surface area contributed by atoms with Crippen LogP contribution in [0.4, 0.5) is 5.69 Å². The van der Waals surface area contributed by atoms with Gasteiger partial charge >= 0.3 is 0 Å². The average molecular weight is 397 g/mol. The van der Waals surface area contributed by atoms with Crippen molar-refractivity contribution in [2.45, 2.75) is 37.6 Å². The van der Waals surface area contributed by atoms with Crippen molar-refractivity contribution in [2.75, 3.05) is 11.9 Å². The van der Waals surface area contributed by atoms with Crippen molar-refractivity contribution in [3.8, 4) is 0 Å². The molecule has 0 spiro atoms. The van der Waals surface area contributed by atoms with Crippen LogP contribution in [0, 0.1) is 13.8 Å². The predicted molar refractivity (Wildman–Crippen MR) is 112 cm³/mol. The first kappa shape index (κ1) is 19.9. The molecule has 0 saturated heterocycles. The quantitative estimate of drug-likeness (QED) is 0.555. The Labute approximate surface area is 169 Å². The Kier molecular flexibility index (Phi) is 6.71. The number of hydrogen-bond donors (Lipinski definition) is 2. The number of nitrogens with zero attached hydrogens (tertiary/aromatic N) is 2. The molecule has 0 aliphatic heterocycles. The van der Waals surface area contributed by atoms with Crippen molar-refractivity contribution in [1.29, 1.82) is 0 Å². The number of amides is 1. The van der Waals surface area contributed by atoms with Crippen LogP contribution in [-0.2, 0) is 5.75 Å². The van der Waals surface area contributed by atoms with E-state index >= 15 is 0 Å². The summed E-state index contributed by atoms with van der Waals surface area (Å²) in [5, 5.41) is 11.1. The van der Waals surface area contributed by atoms with E-state index in [4.69, 9.17) is 4.52 Å². The van der Waals surface area contributed by atoms with Gasteiger partial charge in [0, 0.05) is 36.3 Å². The highest BCUT2D eigenvalue weighted by atomic mass is 32.2. The number of rotatable bonds is 8. The lowest BCUT2D eigenvalue weighted by Crippen LogP contribution is -2.35. The van der Waals surface area contributed by atoms with Crippen molar-refractivity contribution in [3.63, 3.8) is 0 Å². The molecule has 0 aliphatic carbocycles. The van der Waals surface area contributed by atoms with E-state index in [2.05, 4.69) is 33.8 Å². The molecule has 7 heteroatoms. The van der Waals surface area contributed by atoms with Crippen LogP contribution in [0.2, 0.25) is 0 Å². The summed E-state index contributed by atoms with van der Waals surface area (Å²) in [4.78, 5) is 17.0. The number of benzene rings is 1. The maximum absolute atomic E-state index is 12.7. The number of aromatic nitrogens is 2. The second-order valence-corrected chi connectivity index (χ2v) is 7.61. The molecule has 28 heavy (non-hydrogen) atoms. The molecule has 0 saturated carbocycles. The molecule has 3 rings (SSSR count). The molecule has 3 aromatic rings. The van der Waals surface area contributed by atoms with E-state index in [1.807, 2.05) is 38.1 Å². The number of hydrogen-bond acceptors (Lipinski definition) is 6. The van der Waals surface area contributed by atoms with Gasteiger partial charge in [-0.1, -0.05) is 35.1 Å². The summed E-state index contributed by atoms with van der Waals surface area (Å²) in [6.07, 6.45) is 1.69. The second kappa shape index (κ2) is 9.41. The minimum absolute atomic E-state index is 0.0935. The van der Waals surface area contributed by atoms with Gasteiger partial charge in [-0.15, -0.1) is 0 Å². The van der Waals surface area contributed by atoms with Gasteiger partial charge in [0.1, 0.15) is 10.8 Å². The molecule has 6 nitrogen and oxygen atoms in total. The SMILES string of the molecule is Cc1cc(CSc2ncccc2C(=O)NCC(C)Nc2ccccc2C)no1. The molecule has 2 heterocycles. The van der Waals surface area contributed by atoms with Crippen LogP contribution in [0.5, 0.6) is 0 Å². The van der Waals surface area contributed by atoms with Gasteiger partial charge in [0.2, 0.25) is 0 Å². The third kappa shape index (κ3) is 5.36. The standard InChI is InChI=1S/C21H24N4O2S/c1-14-7-4-5-9-19(14)24-15(2)12-23-20(26)18-8-6-10-22-21(18)28-13-17-11-16(3)27-25-17/h4-11,15,24H,12-13H2,1-3H3,(H,23,26). The van der Waals surface area contributed by atoms with Crippen LogP contribution in [0.15, 0.2) is 58.2 Å². The van der Waals surface area contributed by atoms with Gasteiger partial charge in [-0.2, -0.15) is 0 Å². The smallest absolute Gasteiger partial charge is 0.254 e. The summed E-state index contributed by atoms with van der Waals surface area (Å²) in [7, 11) is 0. The Bertz CT molecular complexity index is 941. The van der Waals surface area contributed by atoms with Gasteiger partial charge in [0.05, 0.1) is 11.3 Å². The molecule has 0 fully saturated rings. The zero-order valence-corrected chi connectivity index (χ0v) is 17.0. The van der Waals surface area contributed by atoms with Gasteiger partial charge in [-0.25, -0.2) is 4.98 Å². The zero-order valence-electron chi connectivity index (χ0n) is 16.2. The molecule has 1 amide bonds. The van der Waals surface area contributed by atoms with E-state index in [1.165, 1.54) is 17.3 Å². The molecule has 1 atom stereocenters. The van der Waals surface area contributed by atoms with Gasteiger partial charge in [-0.3, -0.25) is 4.79 Å². The topological polar surface area (TPSA) is 80.0 Å². The molecule has 146 valence electrons. The Morgan fingerprint density at radius 1 is 1.21 bits per heavy atom. The van der Waals surface area contributed by atoms with E-state index in [9.17, 15) is 4.79 Å². The van der Waals surface area contributed by atoms with E-state index < -0.39 is 0 Å². The van der Waals surface area contributed by atoms with Crippen molar-refractivity contribution in [1.82, 2.24) is 15.5 Å². The minimum atomic E-state index is -0.134. The summed E-state index contributed by atoms with van der Waals surface area (Å²) in [6.45, 7) is 6.46. The molecule has 0 aliphatic rings. The highest BCUT2D eigenvalue weighted by Crippen LogP contribution is 2.24. The van der Waals surface area contributed by atoms with Crippen molar-refractivity contribution >= 4 is 23.4 Å². The van der Waals surface area contributed by atoms with E-state index in [1.54, 1.807) is 18.3 Å². The summed E-state index contributed by atoms with van der Waals surface area (Å²) in [5.41, 5.74) is 3.64. The number of carbonyl (C=O) groups excluding carboxylic acids is 1. The lowest BCUT2D eigenvalue weighted by Gasteiger charge is -2.18. The normalized spacial score (nSPS) is 11.8. The van der Waals surface area contributed by atoms with Crippen LogP contribution >= 0.6 is 11.8 Å². The third-order valence-electron chi connectivity index (χ3n) is 4.17. The number of anilines is 1. The number of para-hydroxylation sites is 1. The highest BCUT2D eigenvalue weighted by molar-refractivity contribution is 7.98. The van der Waals surface area contributed by atoms with Crippen LogP contribution < -0.4 is 10.6 Å². The third-order valence-corrected chi connectivity index (χ3v) is 5.20. The zero-order chi connectivity index (χ0) is 19.9. The minimum Gasteiger partial charge on any atom is -0.381 e. The molecule has 0 radical (unpaired) electrons. The monoisotopic (exact) mass is 396 g/mol. The van der Waals surface area contributed by atoms with Crippen molar-refractivity contribution < 1.29 is 9.32 Å². The van der Waals surface area contributed by atoms with Crippen LogP contribution in [0.25, 0.3) is 0 Å². The number of thioether (sulfide) groups is 1. The molecular formula is C21H24N4O2S. The van der Waals surface area contributed by atoms with Crippen LogP contribution in [-0.4, -0.2) is 28.6 Å². The molecule has 2 N–H and O–H groups in total. The molecule has 1 unspecified atom stereocenters. The van der Waals surface area contributed by atoms with Crippen molar-refractivity contribution in [3.05, 3.63) is 71.2 Å². The fourth-order valence-electron chi connectivity index (χ4n) is 2.70. The Morgan fingerprint density at radius 2 is 2.04 bits per heavy atom. The largest absolute Gasteiger partial charge is 0.381 e. The first-order chi connectivity index (χ1) is 13.5. The van der Waals surface area contributed by atoms with Gasteiger partial charge in [-0.05, 0) is 44.5 Å². The summed E-state index contributed by atoms with van der Waals surface area (Å²) >= 11 is 1.47. The maximum atomic E-state index is 12.7. The first-order valence-corrected chi connectivity index (χ1v) is 10.1. The Morgan fingerprint density at radius 3 is 2.79 bits per heavy atom. The van der Waals surface area contributed by atoms with Gasteiger partial charge in [0.25, 0.3) is 5.91 Å². The fourth-order valence-corrected chi connectivity index (χ4v) is 3.57. The van der Waals surface area contributed by atoms with E-state index in [-0.39, 0.29) is 11.9 Å². The second-order valence-electron chi connectivity index (χ2n) is 6.64. The predicted octanol–water partition coefficient (Wildman–Crippen LogP) is 4.21. The number of aryl methyl sites for hydroxylation is 2. The maximum Gasteiger partial charge on any atom is 0.254 e. The number of nitrogens with one attached hydrogen (secondary N) is 2. The first-order valence-electron chi connectivity index (χ1n) is 9.13. The summed E-state index contributed by atoms with van der Waals surface area (Å²) in [5.74, 6) is 1.23. The fraction of sp³-hybridized carbons (Fsp3) is 0.286. The lowest BCUT2D eigenvalue weighted by atomic mass is 10.2. The highest BCUT2D eigenvalue weighted by Gasteiger charge is 2.14. The summed E-state index contributed by atoms with van der Waals surface area (Å²) < 4.78 is 5.08. The van der Waals surface area contributed by atoms with Crippen molar-refractivity contribution in [2.24, 2.45) is 0 Å². The van der Waals surface area contributed by atoms with Gasteiger partial charge in [0.15, 0.2) is 0 Å². The van der Waals surface area contributed by atoms with Crippen LogP contribution in [0.1, 0.15) is 34.3 Å². The molecule has 2 aromatic heterocycles. The van der Waals surface area contributed by atoms with Crippen LogP contribution in [0.3, 0.4) is 0 Å². The lowest BCUT2D eigenvalue weighted by molar-refractivity contribution is 0.0949. The van der Waals surface area contributed by atoms with E-state index in [0.717, 1.165) is 17.1 Å². The van der Waals surface area contributed by atoms with Gasteiger partial charge < -0.3 is 15.2 Å². The summed E-state index contributed by atoms with van der Waals surface area (Å²) in [6, 6.07) is 13.6. The Balaban J connectivity index is 1.57. The number of pyridine rings is 1. The molecule has 0 bridgehead atoms.